The van der Waals surface area contributed by atoms with Gasteiger partial charge >= 0.3 is 0 Å². The van der Waals surface area contributed by atoms with E-state index in [2.05, 4.69) is 22.2 Å². The standard InChI is InChI=1S/C13H21N3O/c1-10-3-5-11(6-4-10)7-14-13-15-8-12(17-2)9-16-13/h8-11H,3-7H2,1-2H3,(H,14,15,16). The predicted molar refractivity (Wildman–Crippen MR) is 68.2 cm³/mol. The molecule has 0 aromatic carbocycles. The molecule has 1 aliphatic carbocycles. The Morgan fingerprint density at radius 2 is 1.88 bits per heavy atom. The minimum Gasteiger partial charge on any atom is -0.494 e. The zero-order valence-corrected chi connectivity index (χ0v) is 10.6. The molecule has 0 aliphatic heterocycles. The Kier molecular flexibility index (Phi) is 4.18. The van der Waals surface area contributed by atoms with Gasteiger partial charge in [0.15, 0.2) is 5.75 Å². The van der Waals surface area contributed by atoms with Crippen molar-refractivity contribution < 1.29 is 4.74 Å². The minimum absolute atomic E-state index is 0.696. The molecule has 2 rings (SSSR count). The van der Waals surface area contributed by atoms with Gasteiger partial charge in [0.05, 0.1) is 19.5 Å². The van der Waals surface area contributed by atoms with Gasteiger partial charge in [0.1, 0.15) is 0 Å². The van der Waals surface area contributed by atoms with E-state index in [1.807, 2.05) is 0 Å². The molecule has 0 amide bonds. The van der Waals surface area contributed by atoms with Crippen molar-refractivity contribution in [1.82, 2.24) is 9.97 Å². The van der Waals surface area contributed by atoms with Gasteiger partial charge in [-0.2, -0.15) is 0 Å². The van der Waals surface area contributed by atoms with E-state index < -0.39 is 0 Å². The first-order chi connectivity index (χ1) is 8.28. The van der Waals surface area contributed by atoms with E-state index in [0.717, 1.165) is 18.4 Å². The fraction of sp³-hybridized carbons (Fsp3) is 0.692. The summed E-state index contributed by atoms with van der Waals surface area (Å²) in [6.45, 7) is 3.33. The molecule has 0 bridgehead atoms. The lowest BCUT2D eigenvalue weighted by atomic mass is 9.83. The van der Waals surface area contributed by atoms with E-state index in [9.17, 15) is 0 Å². The van der Waals surface area contributed by atoms with E-state index in [0.29, 0.717) is 11.7 Å². The fourth-order valence-corrected chi connectivity index (χ4v) is 2.28. The molecule has 0 atom stereocenters. The average molecular weight is 235 g/mol. The molecule has 0 saturated heterocycles. The summed E-state index contributed by atoms with van der Waals surface area (Å²) in [7, 11) is 1.62. The number of methoxy groups -OCH3 is 1. The summed E-state index contributed by atoms with van der Waals surface area (Å²) in [5.74, 6) is 3.08. The largest absolute Gasteiger partial charge is 0.494 e. The van der Waals surface area contributed by atoms with Crippen molar-refractivity contribution in [3.8, 4) is 5.75 Å². The van der Waals surface area contributed by atoms with Crippen LogP contribution in [-0.4, -0.2) is 23.6 Å². The second kappa shape index (κ2) is 5.84. The molecule has 0 radical (unpaired) electrons. The highest BCUT2D eigenvalue weighted by Crippen LogP contribution is 2.28. The molecule has 17 heavy (non-hydrogen) atoms. The van der Waals surface area contributed by atoms with Gasteiger partial charge in [-0.15, -0.1) is 0 Å². The van der Waals surface area contributed by atoms with E-state index >= 15 is 0 Å². The number of hydrogen-bond acceptors (Lipinski definition) is 4. The van der Waals surface area contributed by atoms with Crippen molar-refractivity contribution >= 4 is 5.95 Å². The minimum atomic E-state index is 0.696. The number of aromatic nitrogens is 2. The SMILES string of the molecule is COc1cnc(NCC2CCC(C)CC2)nc1. The molecule has 1 saturated carbocycles. The van der Waals surface area contributed by atoms with Gasteiger partial charge < -0.3 is 10.1 Å². The molecule has 1 aromatic heterocycles. The maximum absolute atomic E-state index is 5.02. The first kappa shape index (κ1) is 12.1. The third-order valence-corrected chi connectivity index (χ3v) is 3.55. The average Bonchev–Trinajstić information content (AvgIpc) is 2.39. The molecule has 4 nitrogen and oxygen atoms in total. The molecular weight excluding hydrogens is 214 g/mol. The topological polar surface area (TPSA) is 47.0 Å². The molecule has 4 heteroatoms. The van der Waals surface area contributed by atoms with E-state index in [-0.39, 0.29) is 0 Å². The molecule has 1 aromatic rings. The molecule has 0 spiro atoms. The number of nitrogens with one attached hydrogen (secondary N) is 1. The van der Waals surface area contributed by atoms with Crippen molar-refractivity contribution in [2.75, 3.05) is 19.0 Å². The quantitative estimate of drug-likeness (QED) is 0.871. The van der Waals surface area contributed by atoms with Gasteiger partial charge in [0.2, 0.25) is 5.95 Å². The summed E-state index contributed by atoms with van der Waals surface area (Å²) in [6.07, 6.45) is 8.75. The Hall–Kier alpha value is -1.32. The van der Waals surface area contributed by atoms with Crippen molar-refractivity contribution in [3.05, 3.63) is 12.4 Å². The lowest BCUT2D eigenvalue weighted by Gasteiger charge is -2.26. The molecule has 1 N–H and O–H groups in total. The number of rotatable bonds is 4. The van der Waals surface area contributed by atoms with Gasteiger partial charge in [-0.3, -0.25) is 0 Å². The maximum atomic E-state index is 5.02. The van der Waals surface area contributed by atoms with Crippen LogP contribution in [0.15, 0.2) is 12.4 Å². The highest BCUT2D eigenvalue weighted by molar-refractivity contribution is 5.26. The monoisotopic (exact) mass is 235 g/mol. The lowest BCUT2D eigenvalue weighted by Crippen LogP contribution is -2.20. The van der Waals surface area contributed by atoms with Gasteiger partial charge in [-0.25, -0.2) is 9.97 Å². The summed E-state index contributed by atoms with van der Waals surface area (Å²) in [6, 6.07) is 0. The number of ether oxygens (including phenoxy) is 1. The number of anilines is 1. The summed E-state index contributed by atoms with van der Waals surface area (Å²) in [5, 5.41) is 3.30. The van der Waals surface area contributed by atoms with E-state index in [4.69, 9.17) is 4.74 Å². The Labute approximate surface area is 103 Å². The van der Waals surface area contributed by atoms with Crippen LogP contribution < -0.4 is 10.1 Å². The number of hydrogen-bond donors (Lipinski definition) is 1. The highest BCUT2D eigenvalue weighted by Gasteiger charge is 2.17. The Morgan fingerprint density at radius 3 is 2.47 bits per heavy atom. The van der Waals surface area contributed by atoms with Crippen LogP contribution in [0, 0.1) is 11.8 Å². The van der Waals surface area contributed by atoms with E-state index in [1.54, 1.807) is 19.5 Å². The molecule has 0 unspecified atom stereocenters. The van der Waals surface area contributed by atoms with Crippen LogP contribution in [0.3, 0.4) is 0 Å². The molecular formula is C13H21N3O. The molecule has 1 aliphatic rings. The first-order valence-electron chi connectivity index (χ1n) is 6.38. The Morgan fingerprint density at radius 1 is 1.24 bits per heavy atom. The Balaban J connectivity index is 1.77. The summed E-state index contributed by atoms with van der Waals surface area (Å²) >= 11 is 0. The lowest BCUT2D eigenvalue weighted by molar-refractivity contribution is 0.300. The van der Waals surface area contributed by atoms with Gasteiger partial charge in [-0.05, 0) is 24.7 Å². The van der Waals surface area contributed by atoms with Gasteiger partial charge in [0.25, 0.3) is 0 Å². The van der Waals surface area contributed by atoms with Crippen LogP contribution in [0.2, 0.25) is 0 Å². The molecule has 1 heterocycles. The van der Waals surface area contributed by atoms with Crippen LogP contribution in [0.1, 0.15) is 32.6 Å². The van der Waals surface area contributed by atoms with Crippen LogP contribution in [-0.2, 0) is 0 Å². The van der Waals surface area contributed by atoms with Gasteiger partial charge in [-0.1, -0.05) is 19.8 Å². The first-order valence-corrected chi connectivity index (χ1v) is 6.38. The van der Waals surface area contributed by atoms with Crippen molar-refractivity contribution in [1.29, 1.82) is 0 Å². The van der Waals surface area contributed by atoms with Gasteiger partial charge in [0, 0.05) is 6.54 Å². The van der Waals surface area contributed by atoms with Crippen LogP contribution in [0.25, 0.3) is 0 Å². The zero-order chi connectivity index (χ0) is 12.1. The predicted octanol–water partition coefficient (Wildman–Crippen LogP) is 2.72. The van der Waals surface area contributed by atoms with Crippen molar-refractivity contribution in [3.63, 3.8) is 0 Å². The number of nitrogens with zero attached hydrogens (tertiary/aromatic N) is 2. The second-order valence-corrected chi connectivity index (χ2v) is 4.95. The summed E-state index contributed by atoms with van der Waals surface area (Å²) in [5.41, 5.74) is 0. The zero-order valence-electron chi connectivity index (χ0n) is 10.6. The van der Waals surface area contributed by atoms with Crippen molar-refractivity contribution in [2.45, 2.75) is 32.6 Å². The third kappa shape index (κ3) is 3.58. The fourth-order valence-electron chi connectivity index (χ4n) is 2.28. The summed E-state index contributed by atoms with van der Waals surface area (Å²) < 4.78 is 5.02. The Bertz CT molecular complexity index is 331. The van der Waals surface area contributed by atoms with Crippen LogP contribution >= 0.6 is 0 Å². The molecule has 94 valence electrons. The highest BCUT2D eigenvalue weighted by atomic mass is 16.5. The van der Waals surface area contributed by atoms with Crippen molar-refractivity contribution in [2.24, 2.45) is 11.8 Å². The second-order valence-electron chi connectivity index (χ2n) is 4.95. The van der Waals surface area contributed by atoms with Crippen LogP contribution in [0.5, 0.6) is 5.75 Å². The smallest absolute Gasteiger partial charge is 0.222 e. The maximum Gasteiger partial charge on any atom is 0.222 e. The van der Waals surface area contributed by atoms with Crippen LogP contribution in [0.4, 0.5) is 5.95 Å². The normalized spacial score (nSPS) is 24.4. The third-order valence-electron chi connectivity index (χ3n) is 3.55. The summed E-state index contributed by atoms with van der Waals surface area (Å²) in [4.78, 5) is 8.40. The molecule has 1 fully saturated rings. The van der Waals surface area contributed by atoms with E-state index in [1.165, 1.54) is 25.7 Å².